The zero-order valence-corrected chi connectivity index (χ0v) is 16.0. The highest BCUT2D eigenvalue weighted by Crippen LogP contribution is 2.36. The van der Waals surface area contributed by atoms with Crippen molar-refractivity contribution in [3.05, 3.63) is 16.0 Å². The van der Waals surface area contributed by atoms with Crippen molar-refractivity contribution in [1.82, 2.24) is 0 Å². The van der Waals surface area contributed by atoms with Crippen molar-refractivity contribution in [2.24, 2.45) is 0 Å². The Morgan fingerprint density at radius 1 is 1.17 bits per heavy atom. The van der Waals surface area contributed by atoms with Crippen LogP contribution in [0.3, 0.4) is 0 Å². The number of anilines is 1. The van der Waals surface area contributed by atoms with Crippen LogP contribution in [-0.2, 0) is 27.5 Å². The van der Waals surface area contributed by atoms with Crippen LogP contribution in [0.15, 0.2) is 0 Å². The van der Waals surface area contributed by atoms with Crippen molar-refractivity contribution in [3.63, 3.8) is 0 Å². The van der Waals surface area contributed by atoms with Crippen molar-refractivity contribution in [2.45, 2.75) is 69.8 Å². The number of nitrogens with one attached hydrogen (secondary N) is 1. The third-order valence-corrected chi connectivity index (χ3v) is 8.26. The van der Waals surface area contributed by atoms with Gasteiger partial charge in [-0.1, -0.05) is 12.8 Å². The number of nitrogens with zero attached hydrogens (tertiary/aromatic N) is 1. The fraction of sp³-hybridized carbons (Fsp3) is 0.647. The molecule has 132 valence electrons. The molecule has 0 radical (unpaired) electrons. The van der Waals surface area contributed by atoms with Crippen LogP contribution in [0.5, 0.6) is 0 Å². The molecule has 24 heavy (non-hydrogen) atoms. The molecule has 1 aliphatic rings. The lowest BCUT2D eigenvalue weighted by molar-refractivity contribution is -0.115. The molecule has 0 aromatic carbocycles. The summed E-state index contributed by atoms with van der Waals surface area (Å²) < 4.78 is 24.4. The largest absolute Gasteiger partial charge is 0.315 e. The van der Waals surface area contributed by atoms with E-state index >= 15 is 0 Å². The van der Waals surface area contributed by atoms with E-state index in [1.165, 1.54) is 24.7 Å². The van der Waals surface area contributed by atoms with Gasteiger partial charge >= 0.3 is 0 Å². The maximum absolute atomic E-state index is 12.4. The lowest BCUT2D eigenvalue weighted by Crippen LogP contribution is -2.36. The van der Waals surface area contributed by atoms with Crippen LogP contribution in [0.1, 0.15) is 62.5 Å². The number of thiophene rings is 1. The molecule has 1 atom stereocenters. The van der Waals surface area contributed by atoms with Crippen LogP contribution in [0, 0.1) is 11.3 Å². The van der Waals surface area contributed by atoms with E-state index in [1.54, 1.807) is 13.8 Å². The van der Waals surface area contributed by atoms with E-state index in [0.717, 1.165) is 42.5 Å². The molecule has 1 N–H and O–H groups in total. The highest BCUT2D eigenvalue weighted by atomic mass is 32.2. The van der Waals surface area contributed by atoms with Crippen LogP contribution < -0.4 is 5.32 Å². The molecule has 1 aromatic rings. The average Bonchev–Trinajstić information content (AvgIpc) is 2.81. The fourth-order valence-corrected chi connectivity index (χ4v) is 5.31. The topological polar surface area (TPSA) is 87.0 Å². The third-order valence-electron chi connectivity index (χ3n) is 4.54. The monoisotopic (exact) mass is 368 g/mol. The summed E-state index contributed by atoms with van der Waals surface area (Å²) in [6.07, 6.45) is 6.25. The molecule has 0 unspecified atom stereocenters. The van der Waals surface area contributed by atoms with Gasteiger partial charge < -0.3 is 5.32 Å². The second kappa shape index (κ2) is 7.66. The maximum Gasteiger partial charge on any atom is 0.243 e. The minimum atomic E-state index is -3.52. The Morgan fingerprint density at radius 2 is 1.79 bits per heavy atom. The first-order valence-corrected chi connectivity index (χ1v) is 10.8. The number of carbonyl (C=O) groups excluding carboxylic acids is 1. The van der Waals surface area contributed by atoms with Crippen molar-refractivity contribution in [3.8, 4) is 6.07 Å². The van der Waals surface area contributed by atoms with Gasteiger partial charge in [-0.2, -0.15) is 5.26 Å². The number of fused-ring (bicyclic) bond motifs is 1. The van der Waals surface area contributed by atoms with Crippen LogP contribution >= 0.6 is 11.3 Å². The molecular weight excluding hydrogens is 344 g/mol. The molecule has 2 rings (SSSR count). The molecule has 0 saturated heterocycles. The molecule has 1 amide bonds. The predicted octanol–water partition coefficient (Wildman–Crippen LogP) is 3.43. The number of carbonyl (C=O) groups is 1. The number of amides is 1. The first-order valence-electron chi connectivity index (χ1n) is 8.37. The van der Waals surface area contributed by atoms with Crippen molar-refractivity contribution in [2.75, 3.05) is 5.32 Å². The Labute approximate surface area is 148 Å². The van der Waals surface area contributed by atoms with Gasteiger partial charge in [0, 0.05) is 4.88 Å². The van der Waals surface area contributed by atoms with Crippen molar-refractivity contribution in [1.29, 1.82) is 5.26 Å². The lowest BCUT2D eigenvalue weighted by Gasteiger charge is -2.15. The summed E-state index contributed by atoms with van der Waals surface area (Å²) in [5, 5.41) is 11.0. The summed E-state index contributed by atoms with van der Waals surface area (Å²) in [5.74, 6) is -0.561. The lowest BCUT2D eigenvalue weighted by atomic mass is 9.97. The molecule has 0 fully saturated rings. The Hall–Kier alpha value is -1.39. The first kappa shape index (κ1) is 18.9. The SMILES string of the molecule is CC(C)S(=O)(=O)[C@H](C)C(=O)Nc1sc2c(c1C#N)CCCCCC2. The number of rotatable bonds is 4. The predicted molar refractivity (Wildman–Crippen MR) is 97.1 cm³/mol. The summed E-state index contributed by atoms with van der Waals surface area (Å²) in [6, 6.07) is 2.20. The van der Waals surface area contributed by atoms with Crippen molar-refractivity contribution >= 4 is 32.1 Å². The van der Waals surface area contributed by atoms with Gasteiger partial charge in [0.05, 0.1) is 10.8 Å². The molecular formula is C17H24N2O3S2. The minimum Gasteiger partial charge on any atom is -0.315 e. The molecule has 7 heteroatoms. The van der Waals surface area contributed by atoms with E-state index in [9.17, 15) is 18.5 Å². The van der Waals surface area contributed by atoms with E-state index < -0.39 is 26.2 Å². The summed E-state index contributed by atoms with van der Waals surface area (Å²) in [7, 11) is -3.52. The van der Waals surface area contributed by atoms with Gasteiger partial charge in [0.2, 0.25) is 5.91 Å². The van der Waals surface area contributed by atoms with Gasteiger partial charge in [-0.25, -0.2) is 8.42 Å². The fourth-order valence-electron chi connectivity index (χ4n) is 2.90. The number of sulfone groups is 1. The van der Waals surface area contributed by atoms with Gasteiger partial charge in [-0.3, -0.25) is 4.79 Å². The zero-order valence-electron chi connectivity index (χ0n) is 14.4. The quantitative estimate of drug-likeness (QED) is 0.882. The van der Waals surface area contributed by atoms with Crippen molar-refractivity contribution < 1.29 is 13.2 Å². The van der Waals surface area contributed by atoms with Crippen LogP contribution in [0.4, 0.5) is 5.00 Å². The molecule has 1 heterocycles. The summed E-state index contributed by atoms with van der Waals surface area (Å²) in [5.41, 5.74) is 1.55. The van der Waals surface area contributed by atoms with E-state index in [4.69, 9.17) is 0 Å². The Kier molecular flexibility index (Phi) is 6.05. The number of nitriles is 1. The van der Waals surface area contributed by atoms with Gasteiger partial charge in [0.1, 0.15) is 16.3 Å². The number of hydrogen-bond acceptors (Lipinski definition) is 5. The molecule has 0 saturated carbocycles. The normalized spacial score (nSPS) is 16.6. The molecule has 5 nitrogen and oxygen atoms in total. The summed E-state index contributed by atoms with van der Waals surface area (Å²) in [6.45, 7) is 4.54. The smallest absolute Gasteiger partial charge is 0.243 e. The maximum atomic E-state index is 12.4. The summed E-state index contributed by atoms with van der Waals surface area (Å²) in [4.78, 5) is 13.5. The minimum absolute atomic E-state index is 0.500. The average molecular weight is 369 g/mol. The zero-order chi connectivity index (χ0) is 17.9. The standard InChI is InChI=1S/C17H24N2O3S2/c1-11(2)24(21,22)12(3)16(20)19-17-14(10-18)13-8-6-4-5-7-9-15(13)23-17/h11-12H,4-9H2,1-3H3,(H,19,20)/t12-/m1/s1. The van der Waals surface area contributed by atoms with Gasteiger partial charge in [-0.05, 0) is 52.0 Å². The van der Waals surface area contributed by atoms with Crippen LogP contribution in [-0.4, -0.2) is 24.8 Å². The van der Waals surface area contributed by atoms with E-state index in [0.29, 0.717) is 10.6 Å². The van der Waals surface area contributed by atoms with Crippen LogP contribution in [0.25, 0.3) is 0 Å². The van der Waals surface area contributed by atoms with E-state index in [2.05, 4.69) is 11.4 Å². The first-order chi connectivity index (χ1) is 11.3. The third kappa shape index (κ3) is 3.81. The number of aryl methyl sites for hydroxylation is 1. The van der Waals surface area contributed by atoms with E-state index in [1.807, 2.05) is 0 Å². The molecule has 0 spiro atoms. The highest BCUT2D eigenvalue weighted by Gasteiger charge is 2.32. The Balaban J connectivity index is 2.28. The summed E-state index contributed by atoms with van der Waals surface area (Å²) >= 11 is 1.42. The Bertz CT molecular complexity index is 758. The second-order valence-electron chi connectivity index (χ2n) is 6.50. The molecule has 0 bridgehead atoms. The van der Waals surface area contributed by atoms with E-state index in [-0.39, 0.29) is 0 Å². The van der Waals surface area contributed by atoms with Crippen LogP contribution in [0.2, 0.25) is 0 Å². The number of hydrogen-bond donors (Lipinski definition) is 1. The highest BCUT2D eigenvalue weighted by molar-refractivity contribution is 7.93. The van der Waals surface area contributed by atoms with Gasteiger partial charge in [0.25, 0.3) is 0 Å². The molecule has 1 aliphatic carbocycles. The van der Waals surface area contributed by atoms with Gasteiger partial charge in [0.15, 0.2) is 9.84 Å². The molecule has 1 aromatic heterocycles. The molecule has 0 aliphatic heterocycles. The Morgan fingerprint density at radius 3 is 2.38 bits per heavy atom. The van der Waals surface area contributed by atoms with Gasteiger partial charge in [-0.15, -0.1) is 11.3 Å². The second-order valence-corrected chi connectivity index (χ2v) is 10.4.